The summed E-state index contributed by atoms with van der Waals surface area (Å²) in [7, 11) is 0. The molecule has 0 amide bonds. The van der Waals surface area contributed by atoms with Gasteiger partial charge in [0.25, 0.3) is 0 Å². The van der Waals surface area contributed by atoms with Crippen LogP contribution in [0.3, 0.4) is 0 Å². The Morgan fingerprint density at radius 2 is 2.15 bits per heavy atom. The first kappa shape index (κ1) is 14.2. The van der Waals surface area contributed by atoms with E-state index >= 15 is 0 Å². The summed E-state index contributed by atoms with van der Waals surface area (Å²) in [6.07, 6.45) is 5.80. The number of hydrogen-bond donors (Lipinski definition) is 0. The summed E-state index contributed by atoms with van der Waals surface area (Å²) >= 11 is 11.7. The third-order valence-electron chi connectivity index (χ3n) is 4.17. The Labute approximate surface area is 127 Å². The zero-order valence-electron chi connectivity index (χ0n) is 11.2. The second-order valence-corrected chi connectivity index (χ2v) is 6.24. The number of fused-ring (bicyclic) bond motifs is 1. The van der Waals surface area contributed by atoms with Gasteiger partial charge >= 0.3 is 0 Å². The van der Waals surface area contributed by atoms with Crippen molar-refractivity contribution in [1.82, 2.24) is 9.55 Å². The average molecular weight is 315 g/mol. The number of aromatic nitrogens is 2. The summed E-state index contributed by atoms with van der Waals surface area (Å²) in [5.41, 5.74) is 1.58. The fourth-order valence-corrected chi connectivity index (χ4v) is 3.11. The number of rotatable bonds is 5. The fourth-order valence-electron chi connectivity index (χ4n) is 2.79. The maximum atomic E-state index is 13.7. The van der Waals surface area contributed by atoms with E-state index in [0.717, 1.165) is 35.7 Å². The van der Waals surface area contributed by atoms with Crippen LogP contribution in [0.15, 0.2) is 12.1 Å². The first-order valence-electron chi connectivity index (χ1n) is 7.09. The number of aryl methyl sites for hydroxylation is 2. The van der Waals surface area contributed by atoms with Gasteiger partial charge < -0.3 is 4.57 Å². The number of benzene rings is 1. The van der Waals surface area contributed by atoms with Gasteiger partial charge in [0.1, 0.15) is 11.6 Å². The summed E-state index contributed by atoms with van der Waals surface area (Å²) < 4.78 is 15.8. The molecule has 0 saturated heterocycles. The van der Waals surface area contributed by atoms with Gasteiger partial charge in [-0.1, -0.05) is 30.9 Å². The highest BCUT2D eigenvalue weighted by Crippen LogP contribution is 2.31. The summed E-state index contributed by atoms with van der Waals surface area (Å²) in [4.78, 5) is 4.55. The quantitative estimate of drug-likeness (QED) is 0.725. The van der Waals surface area contributed by atoms with Crippen LogP contribution in [0.5, 0.6) is 0 Å². The molecule has 0 N–H and O–H groups in total. The molecule has 0 unspecified atom stereocenters. The van der Waals surface area contributed by atoms with Crippen molar-refractivity contribution in [2.24, 2.45) is 5.92 Å². The van der Waals surface area contributed by atoms with Crippen LogP contribution in [0.1, 0.15) is 31.5 Å². The average Bonchev–Trinajstić information content (AvgIpc) is 2.67. The summed E-state index contributed by atoms with van der Waals surface area (Å²) in [6.45, 7) is 0.883. The van der Waals surface area contributed by atoms with E-state index in [9.17, 15) is 4.39 Å². The number of imidazole rings is 1. The van der Waals surface area contributed by atoms with E-state index in [4.69, 9.17) is 23.2 Å². The van der Waals surface area contributed by atoms with Crippen molar-refractivity contribution in [1.29, 1.82) is 0 Å². The fraction of sp³-hybridized carbons (Fsp3) is 0.533. The number of alkyl halides is 1. The number of nitrogens with zero attached hydrogens (tertiary/aromatic N) is 2. The van der Waals surface area contributed by atoms with E-state index < -0.39 is 0 Å². The van der Waals surface area contributed by atoms with Gasteiger partial charge in [0.15, 0.2) is 0 Å². The Hall–Kier alpha value is -0.800. The Morgan fingerprint density at radius 3 is 2.80 bits per heavy atom. The standard InChI is InChI=1S/C15H17Cl2FN2/c16-6-4-15-19-13-8-11(17)12(18)9-14(13)20(15)7-5-10-2-1-3-10/h8-10H,1-7H2. The van der Waals surface area contributed by atoms with Crippen molar-refractivity contribution in [3.63, 3.8) is 0 Å². The van der Waals surface area contributed by atoms with Crippen LogP contribution < -0.4 is 0 Å². The molecule has 0 spiro atoms. The molecule has 20 heavy (non-hydrogen) atoms. The lowest BCUT2D eigenvalue weighted by molar-refractivity contribution is 0.282. The minimum atomic E-state index is -0.388. The molecule has 0 atom stereocenters. The van der Waals surface area contributed by atoms with Gasteiger partial charge in [0.05, 0.1) is 16.1 Å². The van der Waals surface area contributed by atoms with Crippen LogP contribution in [-0.2, 0) is 13.0 Å². The lowest BCUT2D eigenvalue weighted by Gasteiger charge is -2.25. The zero-order chi connectivity index (χ0) is 14.1. The van der Waals surface area contributed by atoms with E-state index in [1.807, 2.05) is 0 Å². The van der Waals surface area contributed by atoms with Gasteiger partial charge in [-0.2, -0.15) is 0 Å². The third kappa shape index (κ3) is 2.66. The van der Waals surface area contributed by atoms with Crippen LogP contribution in [0.2, 0.25) is 5.02 Å². The topological polar surface area (TPSA) is 17.8 Å². The monoisotopic (exact) mass is 314 g/mol. The van der Waals surface area contributed by atoms with Crippen molar-refractivity contribution < 1.29 is 4.39 Å². The molecule has 1 aromatic heterocycles. The van der Waals surface area contributed by atoms with E-state index in [1.165, 1.54) is 25.3 Å². The van der Waals surface area contributed by atoms with Gasteiger partial charge in [-0.15, -0.1) is 11.6 Å². The Balaban J connectivity index is 1.95. The molecule has 0 radical (unpaired) electrons. The predicted molar refractivity (Wildman–Crippen MR) is 81.1 cm³/mol. The molecule has 0 bridgehead atoms. The van der Waals surface area contributed by atoms with Gasteiger partial charge in [-0.25, -0.2) is 9.37 Å². The smallest absolute Gasteiger partial charge is 0.144 e. The van der Waals surface area contributed by atoms with Crippen molar-refractivity contribution >= 4 is 34.2 Å². The minimum Gasteiger partial charge on any atom is -0.328 e. The highest BCUT2D eigenvalue weighted by atomic mass is 35.5. The molecule has 1 aliphatic carbocycles. The van der Waals surface area contributed by atoms with E-state index in [0.29, 0.717) is 12.3 Å². The largest absolute Gasteiger partial charge is 0.328 e. The van der Waals surface area contributed by atoms with Crippen LogP contribution in [0.4, 0.5) is 4.39 Å². The number of hydrogen-bond acceptors (Lipinski definition) is 1. The first-order chi connectivity index (χ1) is 9.69. The zero-order valence-corrected chi connectivity index (χ0v) is 12.7. The van der Waals surface area contributed by atoms with Crippen LogP contribution in [-0.4, -0.2) is 15.4 Å². The molecule has 1 saturated carbocycles. The van der Waals surface area contributed by atoms with Gasteiger partial charge in [0, 0.05) is 24.9 Å². The molecule has 1 fully saturated rings. The molecule has 3 rings (SSSR count). The molecule has 2 aromatic rings. The molecular weight excluding hydrogens is 298 g/mol. The molecule has 1 aliphatic rings. The Bertz CT molecular complexity index is 620. The molecular formula is C15H17Cl2FN2. The SMILES string of the molecule is Fc1cc2c(cc1Cl)nc(CCCl)n2CCC1CCC1. The maximum absolute atomic E-state index is 13.7. The number of halogens is 3. The Kier molecular flexibility index (Phi) is 4.18. The van der Waals surface area contributed by atoms with E-state index in [2.05, 4.69) is 9.55 Å². The Morgan fingerprint density at radius 1 is 1.35 bits per heavy atom. The van der Waals surface area contributed by atoms with Crippen LogP contribution in [0.25, 0.3) is 11.0 Å². The normalized spacial score (nSPS) is 15.8. The van der Waals surface area contributed by atoms with Crippen molar-refractivity contribution in [3.8, 4) is 0 Å². The van der Waals surface area contributed by atoms with Crippen LogP contribution >= 0.6 is 23.2 Å². The molecule has 2 nitrogen and oxygen atoms in total. The van der Waals surface area contributed by atoms with Gasteiger partial charge in [-0.05, 0) is 18.4 Å². The summed E-state index contributed by atoms with van der Waals surface area (Å²) in [5.74, 6) is 1.87. The van der Waals surface area contributed by atoms with Crippen molar-refractivity contribution in [3.05, 3.63) is 28.8 Å². The van der Waals surface area contributed by atoms with Crippen molar-refractivity contribution in [2.45, 2.75) is 38.6 Å². The van der Waals surface area contributed by atoms with E-state index in [1.54, 1.807) is 6.07 Å². The molecule has 1 aromatic carbocycles. The lowest BCUT2D eigenvalue weighted by Crippen LogP contribution is -2.15. The third-order valence-corrected chi connectivity index (χ3v) is 4.65. The van der Waals surface area contributed by atoms with Crippen LogP contribution in [0, 0.1) is 11.7 Å². The predicted octanol–water partition coefficient (Wildman–Crippen LogP) is 4.80. The van der Waals surface area contributed by atoms with Crippen molar-refractivity contribution in [2.75, 3.05) is 5.88 Å². The first-order valence-corrected chi connectivity index (χ1v) is 8.00. The summed E-state index contributed by atoms with van der Waals surface area (Å²) in [6, 6.07) is 3.09. The minimum absolute atomic E-state index is 0.124. The molecule has 108 valence electrons. The van der Waals surface area contributed by atoms with E-state index in [-0.39, 0.29) is 10.8 Å². The molecule has 0 aliphatic heterocycles. The second-order valence-electron chi connectivity index (χ2n) is 5.46. The lowest BCUT2D eigenvalue weighted by atomic mass is 9.83. The molecule has 5 heteroatoms. The maximum Gasteiger partial charge on any atom is 0.144 e. The highest BCUT2D eigenvalue weighted by molar-refractivity contribution is 6.31. The molecule has 1 heterocycles. The highest BCUT2D eigenvalue weighted by Gasteiger charge is 2.19. The summed E-state index contributed by atoms with van der Waals surface area (Å²) in [5, 5.41) is 0.124. The van der Waals surface area contributed by atoms with Gasteiger partial charge in [0.2, 0.25) is 0 Å². The second kappa shape index (κ2) is 5.90. The van der Waals surface area contributed by atoms with Gasteiger partial charge in [-0.3, -0.25) is 0 Å².